The highest BCUT2D eigenvalue weighted by Crippen LogP contribution is 2.28. The Labute approximate surface area is 159 Å². The molecule has 1 N–H and O–H groups in total. The number of hydrogen-bond donors (Lipinski definition) is 1. The first-order valence-corrected chi connectivity index (χ1v) is 9.59. The minimum atomic E-state index is -0.461. The van der Waals surface area contributed by atoms with Crippen LogP contribution in [0.15, 0.2) is 36.4 Å². The molecular formula is C22H26F2N2O. The SMILES string of the molecule is CCCN(C(=O)c1ccc(-c2ccc(F)cc2C)c(F)c1)C1CCNCC1. The molecule has 5 heteroatoms. The molecule has 0 saturated carbocycles. The highest BCUT2D eigenvalue weighted by molar-refractivity contribution is 5.95. The van der Waals surface area contributed by atoms with E-state index in [0.717, 1.165) is 32.4 Å². The van der Waals surface area contributed by atoms with Crippen molar-refractivity contribution in [2.24, 2.45) is 0 Å². The van der Waals surface area contributed by atoms with E-state index in [9.17, 15) is 13.6 Å². The van der Waals surface area contributed by atoms with Gasteiger partial charge in [-0.1, -0.05) is 19.1 Å². The van der Waals surface area contributed by atoms with E-state index in [0.29, 0.717) is 28.8 Å². The van der Waals surface area contributed by atoms with Crippen molar-refractivity contribution in [2.45, 2.75) is 39.2 Å². The molecule has 0 aliphatic carbocycles. The first-order chi connectivity index (χ1) is 13.0. The topological polar surface area (TPSA) is 32.3 Å². The first kappa shape index (κ1) is 19.5. The molecule has 0 radical (unpaired) electrons. The first-order valence-electron chi connectivity index (χ1n) is 9.59. The summed E-state index contributed by atoms with van der Waals surface area (Å²) in [6.45, 7) is 6.26. The Morgan fingerprint density at radius 3 is 2.44 bits per heavy atom. The van der Waals surface area contributed by atoms with Gasteiger partial charge in [-0.3, -0.25) is 4.79 Å². The van der Waals surface area contributed by atoms with Crippen molar-refractivity contribution in [3.63, 3.8) is 0 Å². The fourth-order valence-corrected chi connectivity index (χ4v) is 3.77. The fourth-order valence-electron chi connectivity index (χ4n) is 3.77. The number of hydrogen-bond acceptors (Lipinski definition) is 2. The number of halogens is 2. The number of piperidine rings is 1. The van der Waals surface area contributed by atoms with Gasteiger partial charge in [-0.25, -0.2) is 8.78 Å². The van der Waals surface area contributed by atoms with Crippen LogP contribution in [0.1, 0.15) is 42.1 Å². The molecule has 2 aromatic rings. The lowest BCUT2D eigenvalue weighted by Crippen LogP contribution is -2.46. The zero-order chi connectivity index (χ0) is 19.4. The summed E-state index contributed by atoms with van der Waals surface area (Å²) in [7, 11) is 0. The minimum Gasteiger partial charge on any atom is -0.336 e. The molecule has 1 aliphatic heterocycles. The molecule has 0 atom stereocenters. The molecule has 0 unspecified atom stereocenters. The predicted molar refractivity (Wildman–Crippen MR) is 104 cm³/mol. The third-order valence-corrected chi connectivity index (χ3v) is 5.17. The average Bonchev–Trinajstić information content (AvgIpc) is 2.67. The molecular weight excluding hydrogens is 346 g/mol. The number of carbonyl (C=O) groups excluding carboxylic acids is 1. The smallest absolute Gasteiger partial charge is 0.254 e. The second-order valence-corrected chi connectivity index (χ2v) is 7.13. The zero-order valence-electron chi connectivity index (χ0n) is 15.9. The summed E-state index contributed by atoms with van der Waals surface area (Å²) in [6.07, 6.45) is 2.70. The van der Waals surface area contributed by atoms with Crippen LogP contribution in [0.2, 0.25) is 0 Å². The summed E-state index contributed by atoms with van der Waals surface area (Å²) in [4.78, 5) is 14.9. The van der Waals surface area contributed by atoms with Gasteiger partial charge in [0.05, 0.1) is 0 Å². The summed E-state index contributed by atoms with van der Waals surface area (Å²) in [6, 6.07) is 9.07. The second-order valence-electron chi connectivity index (χ2n) is 7.13. The third-order valence-electron chi connectivity index (χ3n) is 5.17. The third kappa shape index (κ3) is 4.35. The van der Waals surface area contributed by atoms with Crippen LogP contribution < -0.4 is 5.32 Å². The van der Waals surface area contributed by atoms with Gasteiger partial charge < -0.3 is 10.2 Å². The Morgan fingerprint density at radius 1 is 1.11 bits per heavy atom. The van der Waals surface area contributed by atoms with Crippen molar-refractivity contribution in [2.75, 3.05) is 19.6 Å². The van der Waals surface area contributed by atoms with Gasteiger partial charge in [0, 0.05) is 23.7 Å². The Bertz CT molecular complexity index is 816. The summed E-state index contributed by atoms with van der Waals surface area (Å²) in [5, 5.41) is 3.31. The Kier molecular flexibility index (Phi) is 6.22. The number of nitrogens with zero attached hydrogens (tertiary/aromatic N) is 1. The number of benzene rings is 2. The summed E-state index contributed by atoms with van der Waals surface area (Å²) in [5.74, 6) is -0.928. The van der Waals surface area contributed by atoms with Crippen molar-refractivity contribution < 1.29 is 13.6 Å². The standard InChI is InChI=1S/C22H26F2N2O/c1-3-12-26(18-8-10-25-11-9-18)22(27)16-4-6-20(21(24)14-16)19-7-5-17(23)13-15(19)2/h4-7,13-14,18,25H,3,8-12H2,1-2H3. The molecule has 1 fully saturated rings. The van der Waals surface area contributed by atoms with Gasteiger partial charge in [-0.15, -0.1) is 0 Å². The van der Waals surface area contributed by atoms with Gasteiger partial charge >= 0.3 is 0 Å². The van der Waals surface area contributed by atoms with Gasteiger partial charge in [0.2, 0.25) is 0 Å². The summed E-state index contributed by atoms with van der Waals surface area (Å²) < 4.78 is 28.1. The van der Waals surface area contributed by atoms with Crippen LogP contribution in [0.3, 0.4) is 0 Å². The molecule has 0 aromatic heterocycles. The molecule has 1 aliphatic rings. The number of rotatable bonds is 5. The van der Waals surface area contributed by atoms with E-state index >= 15 is 0 Å². The van der Waals surface area contributed by atoms with E-state index in [-0.39, 0.29) is 17.8 Å². The highest BCUT2D eigenvalue weighted by Gasteiger charge is 2.26. The van der Waals surface area contributed by atoms with Gasteiger partial charge in [0.1, 0.15) is 11.6 Å². The Morgan fingerprint density at radius 2 is 1.81 bits per heavy atom. The van der Waals surface area contributed by atoms with E-state index < -0.39 is 5.82 Å². The van der Waals surface area contributed by atoms with Crippen molar-refractivity contribution in [3.8, 4) is 11.1 Å². The largest absolute Gasteiger partial charge is 0.336 e. The predicted octanol–water partition coefficient (Wildman–Crippen LogP) is 4.54. The number of amides is 1. The average molecular weight is 372 g/mol. The minimum absolute atomic E-state index is 0.120. The van der Waals surface area contributed by atoms with Gasteiger partial charge in [0.15, 0.2) is 0 Å². The molecule has 144 valence electrons. The number of carbonyl (C=O) groups is 1. The zero-order valence-corrected chi connectivity index (χ0v) is 15.9. The molecule has 27 heavy (non-hydrogen) atoms. The van der Waals surface area contributed by atoms with Gasteiger partial charge in [-0.05, 0) is 74.7 Å². The van der Waals surface area contributed by atoms with Crippen LogP contribution in [0.25, 0.3) is 11.1 Å². The Balaban J connectivity index is 1.87. The monoisotopic (exact) mass is 372 g/mol. The molecule has 1 amide bonds. The van der Waals surface area contributed by atoms with Crippen molar-refractivity contribution in [1.82, 2.24) is 10.2 Å². The highest BCUT2D eigenvalue weighted by atomic mass is 19.1. The molecule has 1 saturated heterocycles. The lowest BCUT2D eigenvalue weighted by molar-refractivity contribution is 0.0642. The van der Waals surface area contributed by atoms with E-state index in [2.05, 4.69) is 5.32 Å². The molecule has 3 nitrogen and oxygen atoms in total. The van der Waals surface area contributed by atoms with Crippen LogP contribution >= 0.6 is 0 Å². The normalized spacial score (nSPS) is 15.0. The fraction of sp³-hybridized carbons (Fsp3) is 0.409. The number of nitrogens with one attached hydrogen (secondary N) is 1. The maximum absolute atomic E-state index is 14.8. The van der Waals surface area contributed by atoms with E-state index in [1.54, 1.807) is 25.1 Å². The van der Waals surface area contributed by atoms with E-state index in [4.69, 9.17) is 0 Å². The number of aryl methyl sites for hydroxylation is 1. The second kappa shape index (κ2) is 8.61. The van der Waals surface area contributed by atoms with Crippen LogP contribution in [-0.4, -0.2) is 36.5 Å². The van der Waals surface area contributed by atoms with Crippen molar-refractivity contribution in [3.05, 3.63) is 59.2 Å². The molecule has 0 spiro atoms. The van der Waals surface area contributed by atoms with Crippen LogP contribution in [-0.2, 0) is 0 Å². The lowest BCUT2D eigenvalue weighted by Gasteiger charge is -2.34. The Hall–Kier alpha value is -2.27. The van der Waals surface area contributed by atoms with Crippen LogP contribution in [0.5, 0.6) is 0 Å². The van der Waals surface area contributed by atoms with Crippen molar-refractivity contribution >= 4 is 5.91 Å². The molecule has 3 rings (SSSR count). The maximum atomic E-state index is 14.8. The maximum Gasteiger partial charge on any atom is 0.254 e. The van der Waals surface area contributed by atoms with E-state index in [1.165, 1.54) is 18.2 Å². The summed E-state index contributed by atoms with van der Waals surface area (Å²) >= 11 is 0. The molecule has 1 heterocycles. The summed E-state index contributed by atoms with van der Waals surface area (Å²) in [5.41, 5.74) is 2.04. The van der Waals surface area contributed by atoms with E-state index in [1.807, 2.05) is 11.8 Å². The lowest BCUT2D eigenvalue weighted by atomic mass is 9.98. The molecule has 0 bridgehead atoms. The van der Waals surface area contributed by atoms with Gasteiger partial charge in [-0.2, -0.15) is 0 Å². The van der Waals surface area contributed by atoms with Crippen LogP contribution in [0, 0.1) is 18.6 Å². The molecule has 2 aromatic carbocycles. The van der Waals surface area contributed by atoms with Crippen molar-refractivity contribution in [1.29, 1.82) is 0 Å². The van der Waals surface area contributed by atoms with Crippen LogP contribution in [0.4, 0.5) is 8.78 Å². The van der Waals surface area contributed by atoms with Gasteiger partial charge in [0.25, 0.3) is 5.91 Å². The quantitative estimate of drug-likeness (QED) is 0.835.